The van der Waals surface area contributed by atoms with Gasteiger partial charge in [0.25, 0.3) is 0 Å². The summed E-state index contributed by atoms with van der Waals surface area (Å²) in [4.78, 5) is 19.8. The van der Waals surface area contributed by atoms with Crippen LogP contribution in [-0.4, -0.2) is 38.2 Å². The SMILES string of the molecule is CC(=O)NC1CC(c2cc(NCCCn3nccc3C3CC3)ncn2)C1. The molecule has 2 aliphatic carbocycles. The standard InChI is InChI=1S/C19H26N6O/c1-13(26)24-16-9-15(10-16)17-11-19(22-12-21-17)20-6-2-8-25-18(5-7-23-25)14-3-4-14/h5,7,11-12,14-16H,2-4,6,8-10H2,1H3,(H,24,26)(H,20,21,22). The van der Waals surface area contributed by atoms with Crippen LogP contribution in [0.25, 0.3) is 0 Å². The van der Waals surface area contributed by atoms with E-state index in [9.17, 15) is 4.79 Å². The van der Waals surface area contributed by atoms with Crippen molar-refractivity contribution in [3.63, 3.8) is 0 Å². The molecule has 0 unspecified atom stereocenters. The number of carbonyl (C=O) groups is 1. The van der Waals surface area contributed by atoms with Gasteiger partial charge in [-0.05, 0) is 38.2 Å². The van der Waals surface area contributed by atoms with Crippen LogP contribution in [0.5, 0.6) is 0 Å². The van der Waals surface area contributed by atoms with Gasteiger partial charge in [-0.2, -0.15) is 5.10 Å². The molecule has 2 aromatic heterocycles. The monoisotopic (exact) mass is 354 g/mol. The lowest BCUT2D eigenvalue weighted by Gasteiger charge is -2.35. The van der Waals surface area contributed by atoms with E-state index in [1.165, 1.54) is 18.5 Å². The van der Waals surface area contributed by atoms with Crippen LogP contribution in [-0.2, 0) is 11.3 Å². The molecule has 0 atom stereocenters. The first kappa shape index (κ1) is 17.0. The van der Waals surface area contributed by atoms with Gasteiger partial charge >= 0.3 is 0 Å². The first-order valence-electron chi connectivity index (χ1n) is 9.53. The normalized spacial score (nSPS) is 21.9. The van der Waals surface area contributed by atoms with Gasteiger partial charge < -0.3 is 10.6 Å². The third-order valence-electron chi connectivity index (χ3n) is 5.25. The molecule has 2 fully saturated rings. The third kappa shape index (κ3) is 4.03. The van der Waals surface area contributed by atoms with E-state index in [2.05, 4.69) is 36.4 Å². The maximum atomic E-state index is 11.1. The fraction of sp³-hybridized carbons (Fsp3) is 0.579. The van der Waals surface area contributed by atoms with Crippen molar-refractivity contribution in [1.82, 2.24) is 25.1 Å². The Labute approximate surface area is 153 Å². The predicted octanol–water partition coefficient (Wildman–Crippen LogP) is 2.43. The molecule has 0 aromatic carbocycles. The molecule has 2 N–H and O–H groups in total. The molecule has 0 radical (unpaired) electrons. The average Bonchev–Trinajstić information content (AvgIpc) is 3.33. The molecule has 0 saturated heterocycles. The molecule has 0 spiro atoms. The van der Waals surface area contributed by atoms with Crippen LogP contribution in [0.15, 0.2) is 24.7 Å². The van der Waals surface area contributed by atoms with E-state index in [0.717, 1.165) is 49.8 Å². The second kappa shape index (κ2) is 7.43. The molecule has 26 heavy (non-hydrogen) atoms. The number of aromatic nitrogens is 4. The summed E-state index contributed by atoms with van der Waals surface area (Å²) in [5.41, 5.74) is 2.44. The highest BCUT2D eigenvalue weighted by atomic mass is 16.1. The number of rotatable bonds is 8. The highest BCUT2D eigenvalue weighted by Crippen LogP contribution is 2.39. The van der Waals surface area contributed by atoms with Crippen molar-refractivity contribution in [2.75, 3.05) is 11.9 Å². The lowest BCUT2D eigenvalue weighted by Crippen LogP contribution is -2.42. The summed E-state index contributed by atoms with van der Waals surface area (Å²) in [6.45, 7) is 3.36. The van der Waals surface area contributed by atoms with E-state index in [1.807, 2.05) is 12.3 Å². The Morgan fingerprint density at radius 1 is 1.27 bits per heavy atom. The summed E-state index contributed by atoms with van der Waals surface area (Å²) in [6, 6.07) is 4.48. The van der Waals surface area contributed by atoms with Crippen molar-refractivity contribution in [3.05, 3.63) is 36.0 Å². The van der Waals surface area contributed by atoms with Crippen LogP contribution in [0.1, 0.15) is 62.3 Å². The van der Waals surface area contributed by atoms with Gasteiger partial charge in [0.15, 0.2) is 0 Å². The first-order valence-corrected chi connectivity index (χ1v) is 9.53. The zero-order valence-corrected chi connectivity index (χ0v) is 15.2. The molecule has 2 aliphatic rings. The molecular formula is C19H26N6O. The molecule has 2 saturated carbocycles. The molecule has 7 heteroatoms. The third-order valence-corrected chi connectivity index (χ3v) is 5.25. The van der Waals surface area contributed by atoms with Crippen molar-refractivity contribution in [1.29, 1.82) is 0 Å². The topological polar surface area (TPSA) is 84.7 Å². The Morgan fingerprint density at radius 2 is 2.12 bits per heavy atom. The van der Waals surface area contributed by atoms with E-state index in [4.69, 9.17) is 0 Å². The maximum absolute atomic E-state index is 11.1. The first-order chi connectivity index (χ1) is 12.7. The zero-order valence-electron chi connectivity index (χ0n) is 15.2. The Kier molecular flexibility index (Phi) is 4.86. The minimum absolute atomic E-state index is 0.0421. The van der Waals surface area contributed by atoms with Gasteiger partial charge in [0.05, 0.1) is 0 Å². The smallest absolute Gasteiger partial charge is 0.217 e. The van der Waals surface area contributed by atoms with E-state index in [-0.39, 0.29) is 5.91 Å². The predicted molar refractivity (Wildman–Crippen MR) is 98.9 cm³/mol. The van der Waals surface area contributed by atoms with Gasteiger partial charge in [0, 0.05) is 61.5 Å². The molecule has 2 aromatic rings. The largest absolute Gasteiger partial charge is 0.370 e. The molecule has 0 aliphatic heterocycles. The lowest BCUT2D eigenvalue weighted by molar-refractivity contribution is -0.120. The summed E-state index contributed by atoms with van der Waals surface area (Å²) in [5.74, 6) is 2.07. The number of anilines is 1. The van der Waals surface area contributed by atoms with Crippen molar-refractivity contribution in [2.24, 2.45) is 0 Å². The van der Waals surface area contributed by atoms with Crippen LogP contribution in [0.2, 0.25) is 0 Å². The molecule has 0 bridgehead atoms. The van der Waals surface area contributed by atoms with Gasteiger partial charge in [0.1, 0.15) is 12.1 Å². The van der Waals surface area contributed by atoms with Crippen LogP contribution in [0.3, 0.4) is 0 Å². The van der Waals surface area contributed by atoms with Crippen LogP contribution in [0.4, 0.5) is 5.82 Å². The van der Waals surface area contributed by atoms with Crippen LogP contribution < -0.4 is 10.6 Å². The summed E-state index contributed by atoms with van der Waals surface area (Å²) in [7, 11) is 0. The maximum Gasteiger partial charge on any atom is 0.217 e. The number of hydrogen-bond acceptors (Lipinski definition) is 5. The fourth-order valence-corrected chi connectivity index (χ4v) is 3.66. The van der Waals surface area contributed by atoms with Crippen molar-refractivity contribution < 1.29 is 4.79 Å². The van der Waals surface area contributed by atoms with Crippen molar-refractivity contribution in [2.45, 2.75) is 63.5 Å². The Morgan fingerprint density at radius 3 is 2.88 bits per heavy atom. The van der Waals surface area contributed by atoms with Gasteiger partial charge in [-0.25, -0.2) is 9.97 Å². The van der Waals surface area contributed by atoms with E-state index in [0.29, 0.717) is 12.0 Å². The summed E-state index contributed by atoms with van der Waals surface area (Å²) >= 11 is 0. The summed E-state index contributed by atoms with van der Waals surface area (Å²) in [6.07, 6.45) is 9.06. The summed E-state index contributed by atoms with van der Waals surface area (Å²) in [5, 5.41) is 10.8. The molecule has 7 nitrogen and oxygen atoms in total. The van der Waals surface area contributed by atoms with Crippen LogP contribution in [0, 0.1) is 0 Å². The van der Waals surface area contributed by atoms with E-state index < -0.39 is 0 Å². The zero-order chi connectivity index (χ0) is 17.9. The number of nitrogens with one attached hydrogen (secondary N) is 2. The fourth-order valence-electron chi connectivity index (χ4n) is 3.66. The molecule has 2 heterocycles. The Hall–Kier alpha value is -2.44. The van der Waals surface area contributed by atoms with Gasteiger partial charge in [0.2, 0.25) is 5.91 Å². The quantitative estimate of drug-likeness (QED) is 0.711. The number of carbonyl (C=O) groups excluding carboxylic acids is 1. The molecule has 4 rings (SSSR count). The Bertz CT molecular complexity index is 763. The minimum Gasteiger partial charge on any atom is -0.370 e. The second-order valence-corrected chi connectivity index (χ2v) is 7.43. The highest BCUT2D eigenvalue weighted by molar-refractivity contribution is 5.73. The number of nitrogens with zero attached hydrogens (tertiary/aromatic N) is 4. The number of aryl methyl sites for hydroxylation is 1. The number of amides is 1. The van der Waals surface area contributed by atoms with E-state index in [1.54, 1.807) is 13.3 Å². The number of hydrogen-bond donors (Lipinski definition) is 2. The van der Waals surface area contributed by atoms with E-state index >= 15 is 0 Å². The van der Waals surface area contributed by atoms with Crippen molar-refractivity contribution in [3.8, 4) is 0 Å². The minimum atomic E-state index is 0.0421. The van der Waals surface area contributed by atoms with Gasteiger partial charge in [-0.3, -0.25) is 9.48 Å². The van der Waals surface area contributed by atoms with Crippen molar-refractivity contribution >= 4 is 11.7 Å². The molecule has 1 amide bonds. The second-order valence-electron chi connectivity index (χ2n) is 7.43. The van der Waals surface area contributed by atoms with Crippen LogP contribution >= 0.6 is 0 Å². The summed E-state index contributed by atoms with van der Waals surface area (Å²) < 4.78 is 2.14. The molecular weight excluding hydrogens is 328 g/mol. The van der Waals surface area contributed by atoms with Gasteiger partial charge in [-0.1, -0.05) is 0 Å². The lowest BCUT2D eigenvalue weighted by atomic mass is 9.78. The average molecular weight is 354 g/mol. The van der Waals surface area contributed by atoms with Gasteiger partial charge in [-0.15, -0.1) is 0 Å². The Balaban J connectivity index is 1.23. The molecule has 138 valence electrons. The highest BCUT2D eigenvalue weighted by Gasteiger charge is 2.32.